The largest absolute Gasteiger partial charge is 0.493 e. The van der Waals surface area contributed by atoms with Gasteiger partial charge in [0.05, 0.1) is 14.2 Å². The van der Waals surface area contributed by atoms with E-state index in [9.17, 15) is 0 Å². The first kappa shape index (κ1) is 16.7. The smallest absolute Gasteiger partial charge is 0.161 e. The molecule has 1 N–H and O–H groups in total. The number of likely N-dealkylation sites (N-methyl/N-ethyl adjacent to an activating group) is 1. The van der Waals surface area contributed by atoms with Gasteiger partial charge in [-0.2, -0.15) is 0 Å². The average molecular weight is 349 g/mol. The number of aromatic nitrogens is 2. The van der Waals surface area contributed by atoms with Gasteiger partial charge in [-0.25, -0.2) is 4.98 Å². The summed E-state index contributed by atoms with van der Waals surface area (Å²) in [6, 6.07) is 8.15. The number of nitrogens with zero attached hydrogens (tertiary/aromatic N) is 2. The van der Waals surface area contributed by atoms with Gasteiger partial charge in [-0.05, 0) is 42.8 Å². The molecular formula is C21H23N3O2. The molecule has 1 aromatic carbocycles. The Morgan fingerprint density at radius 3 is 2.65 bits per heavy atom. The summed E-state index contributed by atoms with van der Waals surface area (Å²) in [4.78, 5) is 10.3. The second kappa shape index (κ2) is 6.84. The summed E-state index contributed by atoms with van der Waals surface area (Å²) in [7, 11) is 5.45. The summed E-state index contributed by atoms with van der Waals surface area (Å²) >= 11 is 0. The first-order valence-electron chi connectivity index (χ1n) is 8.77. The van der Waals surface area contributed by atoms with Gasteiger partial charge in [0.2, 0.25) is 0 Å². The lowest BCUT2D eigenvalue weighted by atomic mass is 9.98. The van der Waals surface area contributed by atoms with Crippen molar-refractivity contribution in [1.82, 2.24) is 14.9 Å². The molecule has 3 heterocycles. The van der Waals surface area contributed by atoms with Gasteiger partial charge in [0, 0.05) is 42.0 Å². The van der Waals surface area contributed by atoms with Gasteiger partial charge in [0.15, 0.2) is 11.5 Å². The Morgan fingerprint density at radius 2 is 1.92 bits per heavy atom. The number of methoxy groups -OCH3 is 2. The minimum atomic E-state index is 0.720. The van der Waals surface area contributed by atoms with Crippen molar-refractivity contribution in [3.05, 3.63) is 48.3 Å². The van der Waals surface area contributed by atoms with Crippen LogP contribution in [0.25, 0.3) is 27.7 Å². The fourth-order valence-corrected chi connectivity index (χ4v) is 3.46. The van der Waals surface area contributed by atoms with Crippen molar-refractivity contribution in [3.63, 3.8) is 0 Å². The highest BCUT2D eigenvalue weighted by molar-refractivity contribution is 5.93. The van der Waals surface area contributed by atoms with E-state index in [1.54, 1.807) is 14.2 Å². The van der Waals surface area contributed by atoms with Crippen LogP contribution in [0.2, 0.25) is 0 Å². The molecule has 1 aliphatic rings. The van der Waals surface area contributed by atoms with E-state index < -0.39 is 0 Å². The fraction of sp³-hybridized carbons (Fsp3) is 0.286. The minimum absolute atomic E-state index is 0.720. The summed E-state index contributed by atoms with van der Waals surface area (Å²) in [6.45, 7) is 2.08. The Morgan fingerprint density at radius 1 is 1.08 bits per heavy atom. The molecule has 3 aromatic rings. The van der Waals surface area contributed by atoms with Crippen molar-refractivity contribution in [2.75, 3.05) is 34.4 Å². The molecule has 5 heteroatoms. The van der Waals surface area contributed by atoms with E-state index in [2.05, 4.69) is 40.3 Å². The minimum Gasteiger partial charge on any atom is -0.493 e. The summed E-state index contributed by atoms with van der Waals surface area (Å²) in [5, 5.41) is 1.16. The molecule has 0 atom stereocenters. The Labute approximate surface area is 153 Å². The van der Waals surface area contributed by atoms with Gasteiger partial charge >= 0.3 is 0 Å². The van der Waals surface area contributed by atoms with E-state index >= 15 is 0 Å². The van der Waals surface area contributed by atoms with E-state index in [0.29, 0.717) is 0 Å². The number of ether oxygens (including phenoxy) is 2. The summed E-state index contributed by atoms with van der Waals surface area (Å²) < 4.78 is 10.8. The predicted octanol–water partition coefficient (Wildman–Crippen LogP) is 3.97. The molecule has 0 bridgehead atoms. The number of rotatable bonds is 4. The zero-order valence-electron chi connectivity index (χ0n) is 15.4. The fourth-order valence-electron chi connectivity index (χ4n) is 3.46. The van der Waals surface area contributed by atoms with Gasteiger partial charge < -0.3 is 19.4 Å². The van der Waals surface area contributed by atoms with Crippen molar-refractivity contribution in [2.24, 2.45) is 0 Å². The van der Waals surface area contributed by atoms with Crippen LogP contribution in [0, 0.1) is 0 Å². The average Bonchev–Trinajstić information content (AvgIpc) is 3.11. The number of aromatic amines is 1. The first-order valence-corrected chi connectivity index (χ1v) is 8.77. The molecule has 134 valence electrons. The van der Waals surface area contributed by atoms with Crippen LogP contribution in [0.3, 0.4) is 0 Å². The van der Waals surface area contributed by atoms with Crippen molar-refractivity contribution >= 4 is 16.6 Å². The quantitative estimate of drug-likeness (QED) is 0.774. The Bertz CT molecular complexity index is 975. The standard InChI is InChI=1S/C21H23N3O2/c1-24-8-6-14(7-9-24)18-13-23-21-17(18)10-16(12-22-21)15-4-5-19(25-2)20(11-15)26-3/h4-6,10-13H,7-9H2,1-3H3,(H,22,23). The number of H-pyrrole nitrogens is 1. The topological polar surface area (TPSA) is 50.4 Å². The molecule has 5 nitrogen and oxygen atoms in total. The molecule has 0 saturated carbocycles. The van der Waals surface area contributed by atoms with Gasteiger partial charge in [-0.1, -0.05) is 12.1 Å². The van der Waals surface area contributed by atoms with E-state index in [0.717, 1.165) is 53.2 Å². The van der Waals surface area contributed by atoms with Crippen LogP contribution in [-0.4, -0.2) is 49.2 Å². The third-order valence-corrected chi connectivity index (χ3v) is 5.01. The monoisotopic (exact) mass is 349 g/mol. The molecule has 0 fully saturated rings. The summed E-state index contributed by atoms with van der Waals surface area (Å²) in [5.74, 6) is 1.45. The lowest BCUT2D eigenvalue weighted by Gasteiger charge is -2.21. The van der Waals surface area contributed by atoms with Crippen molar-refractivity contribution in [1.29, 1.82) is 0 Å². The molecule has 0 spiro atoms. The number of hydrogen-bond acceptors (Lipinski definition) is 4. The maximum atomic E-state index is 5.43. The molecule has 2 aromatic heterocycles. The van der Waals surface area contributed by atoms with E-state index in [-0.39, 0.29) is 0 Å². The van der Waals surface area contributed by atoms with Gasteiger partial charge in [0.25, 0.3) is 0 Å². The molecule has 0 amide bonds. The molecule has 0 radical (unpaired) electrons. The zero-order chi connectivity index (χ0) is 18.1. The predicted molar refractivity (Wildman–Crippen MR) is 105 cm³/mol. The van der Waals surface area contributed by atoms with Crippen LogP contribution in [0.15, 0.2) is 42.7 Å². The first-order chi connectivity index (χ1) is 12.7. The van der Waals surface area contributed by atoms with Crippen molar-refractivity contribution in [3.8, 4) is 22.6 Å². The highest BCUT2D eigenvalue weighted by Crippen LogP contribution is 2.34. The maximum absolute atomic E-state index is 5.43. The molecule has 1 aliphatic heterocycles. The Kier molecular flexibility index (Phi) is 4.39. The molecule has 26 heavy (non-hydrogen) atoms. The number of fused-ring (bicyclic) bond motifs is 1. The van der Waals surface area contributed by atoms with Gasteiger partial charge in [-0.15, -0.1) is 0 Å². The summed E-state index contributed by atoms with van der Waals surface area (Å²) in [6.07, 6.45) is 7.35. The molecule has 4 rings (SSSR count). The number of nitrogens with one attached hydrogen (secondary N) is 1. The van der Waals surface area contributed by atoms with Crippen LogP contribution < -0.4 is 9.47 Å². The third kappa shape index (κ3) is 2.95. The maximum Gasteiger partial charge on any atom is 0.161 e. The molecule has 0 unspecified atom stereocenters. The molecular weight excluding hydrogens is 326 g/mol. The van der Waals surface area contributed by atoms with E-state index in [1.165, 1.54) is 11.1 Å². The van der Waals surface area contributed by atoms with Crippen LogP contribution in [-0.2, 0) is 0 Å². The van der Waals surface area contributed by atoms with Crippen LogP contribution >= 0.6 is 0 Å². The van der Waals surface area contributed by atoms with Crippen molar-refractivity contribution < 1.29 is 9.47 Å². The van der Waals surface area contributed by atoms with Gasteiger partial charge in [-0.3, -0.25) is 0 Å². The second-order valence-corrected chi connectivity index (χ2v) is 6.63. The van der Waals surface area contributed by atoms with Crippen molar-refractivity contribution in [2.45, 2.75) is 6.42 Å². The van der Waals surface area contributed by atoms with Crippen LogP contribution in [0.4, 0.5) is 0 Å². The van der Waals surface area contributed by atoms with E-state index in [1.807, 2.05) is 24.4 Å². The number of benzene rings is 1. The van der Waals surface area contributed by atoms with Crippen LogP contribution in [0.1, 0.15) is 12.0 Å². The SMILES string of the molecule is COc1ccc(-c2cnc3[nH]cc(C4=CCN(C)CC4)c3c2)cc1OC. The molecule has 0 saturated heterocycles. The molecule has 0 aliphatic carbocycles. The highest BCUT2D eigenvalue weighted by Gasteiger charge is 2.15. The summed E-state index contributed by atoms with van der Waals surface area (Å²) in [5.41, 5.74) is 5.68. The van der Waals surface area contributed by atoms with Gasteiger partial charge in [0.1, 0.15) is 5.65 Å². The zero-order valence-corrected chi connectivity index (χ0v) is 15.4. The van der Waals surface area contributed by atoms with E-state index in [4.69, 9.17) is 9.47 Å². The van der Waals surface area contributed by atoms with Crippen LogP contribution in [0.5, 0.6) is 11.5 Å². The number of hydrogen-bond donors (Lipinski definition) is 1. The Hall–Kier alpha value is -2.79. The normalized spacial score (nSPS) is 15.1. The number of pyridine rings is 1. The highest BCUT2D eigenvalue weighted by atomic mass is 16.5. The second-order valence-electron chi connectivity index (χ2n) is 6.63. The third-order valence-electron chi connectivity index (χ3n) is 5.01. The lowest BCUT2D eigenvalue weighted by molar-refractivity contribution is 0.355. The lowest BCUT2D eigenvalue weighted by Crippen LogP contribution is -2.23. The Balaban J connectivity index is 1.77.